The minimum Gasteiger partial charge on any atom is -0.497 e. The van der Waals surface area contributed by atoms with Crippen molar-refractivity contribution in [1.29, 1.82) is 0 Å². The molecule has 1 aromatic heterocycles. The van der Waals surface area contributed by atoms with Gasteiger partial charge in [-0.25, -0.2) is 4.39 Å². The maximum absolute atomic E-state index is 14.1. The number of halogens is 1. The van der Waals surface area contributed by atoms with Gasteiger partial charge in [0.05, 0.1) is 12.6 Å². The van der Waals surface area contributed by atoms with Crippen molar-refractivity contribution in [1.82, 2.24) is 4.98 Å². The van der Waals surface area contributed by atoms with Crippen LogP contribution >= 0.6 is 12.1 Å². The molecule has 0 fully saturated rings. The van der Waals surface area contributed by atoms with Crippen LogP contribution in [0.2, 0.25) is 0 Å². The molecule has 0 unspecified atom stereocenters. The molecule has 0 spiro atoms. The van der Waals surface area contributed by atoms with E-state index in [1.807, 2.05) is 6.07 Å². The second kappa shape index (κ2) is 6.72. The van der Waals surface area contributed by atoms with E-state index in [9.17, 15) is 4.39 Å². The summed E-state index contributed by atoms with van der Waals surface area (Å²) in [7, 11) is 1.59. The topological polar surface area (TPSA) is 69.4 Å². The van der Waals surface area contributed by atoms with Crippen molar-refractivity contribution in [3.63, 3.8) is 0 Å². The van der Waals surface area contributed by atoms with Crippen LogP contribution in [-0.2, 0) is 0 Å². The Kier molecular flexibility index (Phi) is 4.50. The molecule has 0 atom stereocenters. The summed E-state index contributed by atoms with van der Waals surface area (Å²) in [6.07, 6.45) is 1.61. The molecule has 0 amide bonds. The summed E-state index contributed by atoms with van der Waals surface area (Å²) in [5.41, 5.74) is 1.27. The molecule has 23 heavy (non-hydrogen) atoms. The summed E-state index contributed by atoms with van der Waals surface area (Å²) in [6, 6.07) is 11.7. The zero-order valence-electron chi connectivity index (χ0n) is 12.2. The minimum absolute atomic E-state index is 0.126. The van der Waals surface area contributed by atoms with Crippen LogP contribution < -0.4 is 19.3 Å². The number of aromatic nitrogens is 1. The molecule has 0 aliphatic carbocycles. The van der Waals surface area contributed by atoms with Gasteiger partial charge in [-0.05, 0) is 30.3 Å². The molecule has 3 N–H and O–H groups in total. The Labute approximate surface area is 136 Å². The summed E-state index contributed by atoms with van der Waals surface area (Å²) >= 11 is 0.901. The monoisotopic (exact) mass is 331 g/mol. The molecule has 0 aliphatic rings. The van der Waals surface area contributed by atoms with Gasteiger partial charge in [0.1, 0.15) is 11.5 Å². The summed E-state index contributed by atoms with van der Waals surface area (Å²) in [5.74, 6) is 0.858. The zero-order chi connectivity index (χ0) is 16.2. The number of anilines is 1. The van der Waals surface area contributed by atoms with Gasteiger partial charge in [0.25, 0.3) is 0 Å². The number of hydrogen-bond donors (Lipinski definition) is 2. The second-order valence-corrected chi connectivity index (χ2v) is 5.10. The van der Waals surface area contributed by atoms with Gasteiger partial charge in [0, 0.05) is 41.5 Å². The fraction of sp³-hybridized carbons (Fsp3) is 0.0625. The molecule has 7 heteroatoms. The molecule has 2 aromatic carbocycles. The molecule has 0 bridgehead atoms. The highest BCUT2D eigenvalue weighted by atomic mass is 32.2. The lowest BCUT2D eigenvalue weighted by Gasteiger charge is -2.11. The molecule has 0 radical (unpaired) electrons. The number of nitrogens with zero attached hydrogens (tertiary/aromatic N) is 1. The number of rotatable bonds is 5. The first-order valence-electron chi connectivity index (χ1n) is 6.73. The third-order valence-corrected chi connectivity index (χ3v) is 3.59. The smallest absolute Gasteiger partial charge is 0.167 e. The number of nitrogens with one attached hydrogen (secondary N) is 1. The van der Waals surface area contributed by atoms with E-state index < -0.39 is 5.82 Å². The number of hydrogen-bond acceptors (Lipinski definition) is 6. The summed E-state index contributed by atoms with van der Waals surface area (Å²) in [5, 5.41) is 6.06. The van der Waals surface area contributed by atoms with Gasteiger partial charge in [-0.1, -0.05) is 0 Å². The van der Waals surface area contributed by atoms with Crippen molar-refractivity contribution in [3.8, 4) is 17.2 Å². The fourth-order valence-corrected chi connectivity index (χ4v) is 2.41. The SMILES string of the molecule is COc1ccc2c(Oc3ccc(NSN)cc3F)ccnc2c1. The number of pyridine rings is 1. The third-order valence-electron chi connectivity index (χ3n) is 3.24. The number of benzene rings is 2. The Morgan fingerprint density at radius 3 is 2.74 bits per heavy atom. The maximum atomic E-state index is 14.1. The Morgan fingerprint density at radius 2 is 2.00 bits per heavy atom. The second-order valence-electron chi connectivity index (χ2n) is 4.66. The molecular formula is C16H14FN3O2S. The van der Waals surface area contributed by atoms with Gasteiger partial charge in [0.15, 0.2) is 11.6 Å². The minimum atomic E-state index is -0.484. The molecular weight excluding hydrogens is 317 g/mol. The lowest BCUT2D eigenvalue weighted by molar-refractivity contribution is 0.415. The predicted molar refractivity (Wildman–Crippen MR) is 90.2 cm³/mol. The summed E-state index contributed by atoms with van der Waals surface area (Å²) < 4.78 is 27.8. The lowest BCUT2D eigenvalue weighted by Crippen LogP contribution is -1.95. The van der Waals surface area contributed by atoms with Crippen LogP contribution in [0.3, 0.4) is 0 Å². The van der Waals surface area contributed by atoms with Crippen LogP contribution in [0, 0.1) is 5.82 Å². The summed E-state index contributed by atoms with van der Waals surface area (Å²) in [4.78, 5) is 4.27. The van der Waals surface area contributed by atoms with E-state index in [0.717, 1.165) is 17.5 Å². The van der Waals surface area contributed by atoms with Crippen molar-refractivity contribution in [2.75, 3.05) is 11.8 Å². The van der Waals surface area contributed by atoms with E-state index in [4.69, 9.17) is 14.6 Å². The Morgan fingerprint density at radius 1 is 1.13 bits per heavy atom. The predicted octanol–water partition coefficient (Wildman–Crippen LogP) is 4.11. The largest absolute Gasteiger partial charge is 0.497 e. The van der Waals surface area contributed by atoms with Crippen LogP contribution in [0.5, 0.6) is 17.2 Å². The van der Waals surface area contributed by atoms with Crippen molar-refractivity contribution < 1.29 is 13.9 Å². The molecule has 0 saturated heterocycles. The van der Waals surface area contributed by atoms with E-state index in [1.165, 1.54) is 6.07 Å². The van der Waals surface area contributed by atoms with E-state index in [2.05, 4.69) is 9.71 Å². The van der Waals surface area contributed by atoms with Crippen molar-refractivity contribution in [2.45, 2.75) is 0 Å². The van der Waals surface area contributed by atoms with Crippen molar-refractivity contribution >= 4 is 28.7 Å². The van der Waals surface area contributed by atoms with E-state index >= 15 is 0 Å². The molecule has 5 nitrogen and oxygen atoms in total. The highest BCUT2D eigenvalue weighted by Gasteiger charge is 2.10. The van der Waals surface area contributed by atoms with Gasteiger partial charge in [-0.15, -0.1) is 0 Å². The van der Waals surface area contributed by atoms with Gasteiger partial charge in [0.2, 0.25) is 0 Å². The maximum Gasteiger partial charge on any atom is 0.167 e. The van der Waals surface area contributed by atoms with Gasteiger partial charge in [-0.3, -0.25) is 10.1 Å². The molecule has 3 aromatic rings. The molecule has 3 rings (SSSR count). The lowest BCUT2D eigenvalue weighted by atomic mass is 10.2. The van der Waals surface area contributed by atoms with Crippen molar-refractivity contribution in [2.24, 2.45) is 5.14 Å². The van der Waals surface area contributed by atoms with Gasteiger partial charge < -0.3 is 14.2 Å². The van der Waals surface area contributed by atoms with Gasteiger partial charge in [-0.2, -0.15) is 0 Å². The van der Waals surface area contributed by atoms with Gasteiger partial charge >= 0.3 is 0 Å². The fourth-order valence-electron chi connectivity index (χ4n) is 2.15. The molecule has 1 heterocycles. The Balaban J connectivity index is 1.95. The summed E-state index contributed by atoms with van der Waals surface area (Å²) in [6.45, 7) is 0. The first-order valence-corrected chi connectivity index (χ1v) is 7.61. The molecule has 0 aliphatic heterocycles. The highest BCUT2D eigenvalue weighted by Crippen LogP contribution is 2.32. The zero-order valence-corrected chi connectivity index (χ0v) is 13.1. The Bertz CT molecular complexity index is 845. The van der Waals surface area contributed by atoms with E-state index in [0.29, 0.717) is 22.7 Å². The quantitative estimate of drug-likeness (QED) is 0.686. The number of nitrogens with two attached hydrogens (primary N) is 1. The molecule has 0 saturated carbocycles. The first-order chi connectivity index (χ1) is 11.2. The van der Waals surface area contributed by atoms with Crippen LogP contribution in [0.1, 0.15) is 0 Å². The van der Waals surface area contributed by atoms with Crippen LogP contribution in [0.25, 0.3) is 10.9 Å². The highest BCUT2D eigenvalue weighted by molar-refractivity contribution is 7.98. The third kappa shape index (κ3) is 3.30. The number of ether oxygens (including phenoxy) is 2. The standard InChI is InChI=1S/C16H14FN3O2S/c1-21-11-3-4-12-14(9-11)19-7-6-15(12)22-16-5-2-10(20-23-18)8-13(16)17/h2-9,20H,18H2,1H3. The number of methoxy groups -OCH3 is 1. The Hall–Kier alpha value is -2.51. The van der Waals surface area contributed by atoms with Crippen molar-refractivity contribution in [3.05, 3.63) is 54.5 Å². The van der Waals surface area contributed by atoms with Crippen LogP contribution in [-0.4, -0.2) is 12.1 Å². The van der Waals surface area contributed by atoms with E-state index in [-0.39, 0.29) is 5.75 Å². The van der Waals surface area contributed by atoms with Crippen LogP contribution in [0.4, 0.5) is 10.1 Å². The van der Waals surface area contributed by atoms with E-state index in [1.54, 1.807) is 43.6 Å². The molecule has 118 valence electrons. The number of fused-ring (bicyclic) bond motifs is 1. The van der Waals surface area contributed by atoms with Crippen LogP contribution in [0.15, 0.2) is 48.7 Å². The average Bonchev–Trinajstić information content (AvgIpc) is 2.57. The average molecular weight is 331 g/mol. The first kappa shape index (κ1) is 15.4. The normalized spacial score (nSPS) is 10.6.